The number of carboxylic acids is 1. The third-order valence-electron chi connectivity index (χ3n) is 3.58. The monoisotopic (exact) mass is 360 g/mol. The van der Waals surface area contributed by atoms with Gasteiger partial charge in [0.25, 0.3) is 0 Å². The van der Waals surface area contributed by atoms with Gasteiger partial charge in [0.15, 0.2) is 0 Å². The van der Waals surface area contributed by atoms with Crippen LogP contribution in [0.3, 0.4) is 0 Å². The molecule has 1 unspecified atom stereocenters. The molecule has 0 radical (unpaired) electrons. The lowest BCUT2D eigenvalue weighted by atomic mass is 9.87. The zero-order chi connectivity index (χ0) is 15.2. The number of benzene rings is 1. The molecule has 0 amide bonds. The minimum atomic E-state index is -0.716. The van der Waals surface area contributed by atoms with Crippen LogP contribution in [-0.2, 0) is 4.79 Å². The highest BCUT2D eigenvalue weighted by molar-refractivity contribution is 9.09. The van der Waals surface area contributed by atoms with Crippen LogP contribution < -0.4 is 0 Å². The number of halogens is 2. The van der Waals surface area contributed by atoms with E-state index in [1.165, 1.54) is 0 Å². The number of carbonyl (C=O) groups is 1. The molecule has 0 saturated carbocycles. The maximum atomic E-state index is 11.0. The van der Waals surface area contributed by atoms with Gasteiger partial charge in [0.2, 0.25) is 0 Å². The minimum Gasteiger partial charge on any atom is -0.481 e. The Morgan fingerprint density at radius 1 is 1.30 bits per heavy atom. The fourth-order valence-corrected chi connectivity index (χ4v) is 3.18. The lowest BCUT2D eigenvalue weighted by Crippen LogP contribution is -2.23. The smallest absolute Gasteiger partial charge is 0.309 e. The maximum absolute atomic E-state index is 11.0. The van der Waals surface area contributed by atoms with Crippen molar-refractivity contribution in [1.29, 1.82) is 0 Å². The van der Waals surface area contributed by atoms with Gasteiger partial charge in [-0.2, -0.15) is 0 Å². The zero-order valence-electron chi connectivity index (χ0n) is 12.0. The van der Waals surface area contributed by atoms with Crippen molar-refractivity contribution < 1.29 is 9.90 Å². The number of aliphatic carboxylic acids is 1. The van der Waals surface area contributed by atoms with E-state index in [4.69, 9.17) is 16.7 Å². The van der Waals surface area contributed by atoms with Gasteiger partial charge >= 0.3 is 5.97 Å². The molecule has 1 aromatic carbocycles. The van der Waals surface area contributed by atoms with Crippen LogP contribution in [0.4, 0.5) is 0 Å². The molecule has 112 valence electrons. The summed E-state index contributed by atoms with van der Waals surface area (Å²) in [5, 5.41) is 9.84. The van der Waals surface area contributed by atoms with Crippen molar-refractivity contribution in [3.05, 3.63) is 34.9 Å². The second-order valence-electron chi connectivity index (χ2n) is 5.78. The molecule has 0 fully saturated rings. The molecule has 0 aliphatic heterocycles. The Morgan fingerprint density at radius 2 is 1.95 bits per heavy atom. The first kappa shape index (κ1) is 17.5. The molecule has 1 atom stereocenters. The second kappa shape index (κ2) is 8.04. The number of hydrogen-bond acceptors (Lipinski definition) is 1. The summed E-state index contributed by atoms with van der Waals surface area (Å²) in [6.45, 7) is 3.57. The van der Waals surface area contributed by atoms with Gasteiger partial charge in [-0.1, -0.05) is 65.0 Å². The third-order valence-corrected chi connectivity index (χ3v) is 4.88. The van der Waals surface area contributed by atoms with E-state index in [0.717, 1.165) is 42.7 Å². The van der Waals surface area contributed by atoms with Crippen LogP contribution in [0, 0.1) is 5.41 Å². The summed E-state index contributed by atoms with van der Waals surface area (Å²) >= 11 is 9.83. The van der Waals surface area contributed by atoms with Crippen LogP contribution >= 0.6 is 27.5 Å². The Morgan fingerprint density at radius 3 is 2.55 bits per heavy atom. The van der Waals surface area contributed by atoms with Gasteiger partial charge in [0.1, 0.15) is 0 Å². The van der Waals surface area contributed by atoms with Gasteiger partial charge in [0, 0.05) is 9.85 Å². The van der Waals surface area contributed by atoms with Crippen LogP contribution in [0.1, 0.15) is 56.3 Å². The van der Waals surface area contributed by atoms with Crippen molar-refractivity contribution in [3.63, 3.8) is 0 Å². The maximum Gasteiger partial charge on any atom is 0.309 e. The second-order valence-corrected chi connectivity index (χ2v) is 7.29. The fraction of sp³-hybridized carbons (Fsp3) is 0.562. The first-order valence-corrected chi connectivity index (χ1v) is 8.26. The molecule has 0 heterocycles. The Kier molecular flexibility index (Phi) is 7.04. The van der Waals surface area contributed by atoms with E-state index in [1.807, 2.05) is 24.3 Å². The molecule has 0 spiro atoms. The van der Waals surface area contributed by atoms with E-state index in [-0.39, 0.29) is 4.83 Å². The molecule has 0 aliphatic rings. The lowest BCUT2D eigenvalue weighted by molar-refractivity contribution is -0.147. The van der Waals surface area contributed by atoms with Crippen LogP contribution in [0.25, 0.3) is 0 Å². The summed E-state index contributed by atoms with van der Waals surface area (Å²) in [4.78, 5) is 11.3. The normalized spacial score (nSPS) is 13.2. The molecule has 1 N–H and O–H groups in total. The van der Waals surface area contributed by atoms with Gasteiger partial charge in [-0.3, -0.25) is 4.79 Å². The Labute approximate surface area is 134 Å². The molecule has 0 saturated heterocycles. The highest BCUT2D eigenvalue weighted by Gasteiger charge is 2.25. The SMILES string of the molecule is CC(C)(CCCCCC(Br)c1ccccc1Cl)C(=O)O. The molecule has 4 heteroatoms. The van der Waals surface area contributed by atoms with Crippen molar-refractivity contribution >= 4 is 33.5 Å². The highest BCUT2D eigenvalue weighted by Crippen LogP contribution is 2.33. The molecular formula is C16H22BrClO2. The summed E-state index contributed by atoms with van der Waals surface area (Å²) < 4.78 is 0. The van der Waals surface area contributed by atoms with Crippen LogP contribution in [-0.4, -0.2) is 11.1 Å². The predicted molar refractivity (Wildman–Crippen MR) is 87.6 cm³/mol. The average Bonchev–Trinajstić information content (AvgIpc) is 2.38. The van der Waals surface area contributed by atoms with Crippen molar-refractivity contribution in [2.45, 2.75) is 50.8 Å². The van der Waals surface area contributed by atoms with Gasteiger partial charge < -0.3 is 5.11 Å². The number of alkyl halides is 1. The highest BCUT2D eigenvalue weighted by atomic mass is 79.9. The molecule has 1 aromatic rings. The fourth-order valence-electron chi connectivity index (χ4n) is 2.06. The van der Waals surface area contributed by atoms with E-state index in [2.05, 4.69) is 15.9 Å². The number of rotatable bonds is 8. The lowest BCUT2D eigenvalue weighted by Gasteiger charge is -2.18. The summed E-state index contributed by atoms with van der Waals surface area (Å²) in [5.74, 6) is -0.716. The standard InChI is InChI=1S/C16H22BrClO2/c1-16(2,15(19)20)11-7-3-4-9-13(17)12-8-5-6-10-14(12)18/h5-6,8,10,13H,3-4,7,9,11H2,1-2H3,(H,19,20). The Bertz CT molecular complexity index is 446. The predicted octanol–water partition coefficient (Wildman–Crippen LogP) is 5.84. The summed E-state index contributed by atoms with van der Waals surface area (Å²) in [6.07, 6.45) is 4.79. The Balaban J connectivity index is 2.28. The van der Waals surface area contributed by atoms with E-state index >= 15 is 0 Å². The largest absolute Gasteiger partial charge is 0.481 e. The van der Waals surface area contributed by atoms with Crippen molar-refractivity contribution in [2.24, 2.45) is 5.41 Å². The quantitative estimate of drug-likeness (QED) is 0.466. The number of unbranched alkanes of at least 4 members (excludes halogenated alkanes) is 2. The molecule has 0 bridgehead atoms. The minimum absolute atomic E-state index is 0.267. The van der Waals surface area contributed by atoms with Gasteiger partial charge in [-0.25, -0.2) is 0 Å². The van der Waals surface area contributed by atoms with E-state index in [1.54, 1.807) is 13.8 Å². The van der Waals surface area contributed by atoms with Crippen molar-refractivity contribution in [3.8, 4) is 0 Å². The molecule has 20 heavy (non-hydrogen) atoms. The first-order chi connectivity index (χ1) is 9.34. The molecule has 0 aromatic heterocycles. The first-order valence-electron chi connectivity index (χ1n) is 6.96. The summed E-state index contributed by atoms with van der Waals surface area (Å²) in [6, 6.07) is 7.86. The van der Waals surface area contributed by atoms with Gasteiger partial charge in [-0.15, -0.1) is 0 Å². The summed E-state index contributed by atoms with van der Waals surface area (Å²) in [7, 11) is 0. The molecule has 1 rings (SSSR count). The third kappa shape index (κ3) is 5.45. The number of hydrogen-bond donors (Lipinski definition) is 1. The topological polar surface area (TPSA) is 37.3 Å². The van der Waals surface area contributed by atoms with Gasteiger partial charge in [0.05, 0.1) is 5.41 Å². The average molecular weight is 362 g/mol. The molecule has 2 nitrogen and oxygen atoms in total. The van der Waals surface area contributed by atoms with E-state index < -0.39 is 11.4 Å². The van der Waals surface area contributed by atoms with Crippen LogP contribution in [0.15, 0.2) is 24.3 Å². The summed E-state index contributed by atoms with van der Waals surface area (Å²) in [5.41, 5.74) is 0.510. The van der Waals surface area contributed by atoms with E-state index in [0.29, 0.717) is 0 Å². The van der Waals surface area contributed by atoms with Crippen molar-refractivity contribution in [1.82, 2.24) is 0 Å². The van der Waals surface area contributed by atoms with Crippen molar-refractivity contribution in [2.75, 3.05) is 0 Å². The molecule has 0 aliphatic carbocycles. The zero-order valence-corrected chi connectivity index (χ0v) is 14.4. The van der Waals surface area contributed by atoms with Crippen LogP contribution in [0.5, 0.6) is 0 Å². The van der Waals surface area contributed by atoms with Crippen LogP contribution in [0.2, 0.25) is 5.02 Å². The van der Waals surface area contributed by atoms with E-state index in [9.17, 15) is 4.79 Å². The number of carboxylic acid groups (broad SMARTS) is 1. The Hall–Kier alpha value is -0.540. The van der Waals surface area contributed by atoms with Gasteiger partial charge in [-0.05, 0) is 38.3 Å². The molecular weight excluding hydrogens is 340 g/mol.